The molecule has 7 nitrogen and oxygen atoms in total. The molecule has 202 valence electrons. The van der Waals surface area contributed by atoms with Gasteiger partial charge in [-0.05, 0) is 78.6 Å². The molecule has 6 rings (SSSR count). The van der Waals surface area contributed by atoms with Crippen molar-refractivity contribution in [3.8, 4) is 11.1 Å². The first-order chi connectivity index (χ1) is 18.6. The van der Waals surface area contributed by atoms with Gasteiger partial charge >= 0.3 is 0 Å². The maximum Gasteiger partial charge on any atom is 0.265 e. The van der Waals surface area contributed by atoms with Crippen LogP contribution in [0.25, 0.3) is 22.2 Å². The highest BCUT2D eigenvalue weighted by molar-refractivity contribution is 7.90. The quantitative estimate of drug-likeness (QED) is 0.368. The third kappa shape index (κ3) is 4.87. The Hall–Kier alpha value is -3.85. The number of benzene rings is 2. The predicted octanol–water partition coefficient (Wildman–Crippen LogP) is 4.96. The number of aromatic nitrogens is 2. The second-order valence-corrected chi connectivity index (χ2v) is 13.0. The fraction of sp³-hybridized carbons (Fsp3) is 0.300. The van der Waals surface area contributed by atoms with Gasteiger partial charge in [-0.2, -0.15) is 0 Å². The third-order valence-corrected chi connectivity index (χ3v) is 9.28. The first kappa shape index (κ1) is 25.4. The number of hydrogen-bond donors (Lipinski definition) is 1. The van der Waals surface area contributed by atoms with E-state index in [2.05, 4.69) is 10.3 Å². The number of amides is 1. The van der Waals surface area contributed by atoms with E-state index in [0.717, 1.165) is 24.7 Å². The van der Waals surface area contributed by atoms with Crippen LogP contribution < -0.4 is 10.9 Å². The van der Waals surface area contributed by atoms with E-state index in [1.807, 2.05) is 6.07 Å². The summed E-state index contributed by atoms with van der Waals surface area (Å²) in [5, 5.41) is 3.64. The summed E-state index contributed by atoms with van der Waals surface area (Å²) in [5.74, 6) is -0.782. The largest absolute Gasteiger partial charge is 0.349 e. The van der Waals surface area contributed by atoms with Crippen LogP contribution in [0.5, 0.6) is 0 Å². The number of carbonyl (C=O) groups excluding carboxylic acids is 1. The Kier molecular flexibility index (Phi) is 6.14. The van der Waals surface area contributed by atoms with Crippen molar-refractivity contribution in [1.29, 1.82) is 0 Å². The third-order valence-electron chi connectivity index (χ3n) is 8.15. The fourth-order valence-corrected chi connectivity index (χ4v) is 6.47. The summed E-state index contributed by atoms with van der Waals surface area (Å²) in [5.41, 5.74) is 2.52. The van der Waals surface area contributed by atoms with E-state index in [1.54, 1.807) is 36.5 Å². The minimum absolute atomic E-state index is 0. The number of sulfone groups is 1. The van der Waals surface area contributed by atoms with Crippen molar-refractivity contribution in [2.45, 2.75) is 49.6 Å². The van der Waals surface area contributed by atoms with E-state index in [9.17, 15) is 22.4 Å². The number of rotatable bonds is 6. The van der Waals surface area contributed by atoms with E-state index in [0.29, 0.717) is 27.6 Å². The van der Waals surface area contributed by atoms with E-state index in [-0.39, 0.29) is 30.3 Å². The average Bonchev–Trinajstić information content (AvgIpc) is 2.86. The molecule has 0 saturated heterocycles. The molecule has 4 aromatic rings. The number of fused-ring (bicyclic) bond motifs is 1. The van der Waals surface area contributed by atoms with E-state index >= 15 is 0 Å². The van der Waals surface area contributed by atoms with Gasteiger partial charge in [-0.15, -0.1) is 0 Å². The minimum atomic E-state index is -3.33. The smallest absolute Gasteiger partial charge is 0.265 e. The SMILES string of the molecule is CS(=O)(=O)c1ccc(-c2cnc3c(c2)cc(C(=O)NC2CC4(CCC4)C2)c(=O)n3Cc2ccc(F)cc2)cc1.[HH]. The number of pyridine rings is 2. The minimum Gasteiger partial charge on any atom is -0.349 e. The number of halogens is 1. The molecule has 0 bridgehead atoms. The molecule has 0 unspecified atom stereocenters. The summed E-state index contributed by atoms with van der Waals surface area (Å²) in [6.07, 6.45) is 8.33. The average molecular weight is 548 g/mol. The first-order valence-corrected chi connectivity index (χ1v) is 14.9. The molecule has 2 saturated carbocycles. The predicted molar refractivity (Wildman–Crippen MR) is 149 cm³/mol. The van der Waals surface area contributed by atoms with Gasteiger partial charge in [-0.3, -0.25) is 14.2 Å². The molecule has 1 spiro atoms. The van der Waals surface area contributed by atoms with Crippen LogP contribution in [0.1, 0.15) is 49.5 Å². The molecule has 2 aromatic carbocycles. The standard InChI is InChI=1S/C30H28FN3O4S.H2/c1-39(37,38)25-9-5-20(6-10-25)22-13-21-14-26(28(35)33-24-15-30(16-24)11-2-12-30)29(36)34(27(21)32-17-22)18-19-3-7-23(31)8-4-19;/h3-10,13-14,17,24H,2,11-12,15-16,18H2,1H3,(H,33,35);1H. The first-order valence-electron chi connectivity index (χ1n) is 13.0. The van der Waals surface area contributed by atoms with Crippen LogP contribution >= 0.6 is 0 Å². The Morgan fingerprint density at radius 1 is 1.08 bits per heavy atom. The molecular weight excluding hydrogens is 517 g/mol. The maximum atomic E-state index is 13.6. The van der Waals surface area contributed by atoms with Gasteiger partial charge in [-0.25, -0.2) is 17.8 Å². The van der Waals surface area contributed by atoms with Crippen LogP contribution in [-0.4, -0.2) is 36.2 Å². The fourth-order valence-electron chi connectivity index (χ4n) is 5.84. The lowest BCUT2D eigenvalue weighted by atomic mass is 9.54. The summed E-state index contributed by atoms with van der Waals surface area (Å²) in [6, 6.07) is 15.8. The highest BCUT2D eigenvalue weighted by Crippen LogP contribution is 2.55. The van der Waals surface area contributed by atoms with Gasteiger partial charge in [0.1, 0.15) is 17.0 Å². The molecule has 2 heterocycles. The zero-order chi connectivity index (χ0) is 27.4. The van der Waals surface area contributed by atoms with Crippen molar-refractivity contribution < 1.29 is 19.0 Å². The molecule has 2 fully saturated rings. The molecule has 0 aliphatic heterocycles. The zero-order valence-electron chi connectivity index (χ0n) is 21.5. The number of hydrogen-bond acceptors (Lipinski definition) is 5. The molecule has 2 aromatic heterocycles. The van der Waals surface area contributed by atoms with Gasteiger partial charge in [0.05, 0.1) is 11.4 Å². The lowest BCUT2D eigenvalue weighted by Crippen LogP contribution is -2.54. The highest BCUT2D eigenvalue weighted by Gasteiger charge is 2.48. The van der Waals surface area contributed by atoms with Crippen LogP contribution in [0.3, 0.4) is 0 Å². The number of nitrogens with zero attached hydrogens (tertiary/aromatic N) is 2. The van der Waals surface area contributed by atoms with Gasteiger partial charge in [-0.1, -0.05) is 30.7 Å². The molecule has 0 radical (unpaired) electrons. The van der Waals surface area contributed by atoms with Gasteiger partial charge in [0.25, 0.3) is 11.5 Å². The summed E-state index contributed by atoms with van der Waals surface area (Å²) in [4.78, 5) is 31.7. The molecule has 1 amide bonds. The Morgan fingerprint density at radius 2 is 1.77 bits per heavy atom. The molecular formula is C30H30FN3O4S. The Bertz CT molecular complexity index is 1760. The van der Waals surface area contributed by atoms with Gasteiger partial charge in [0.2, 0.25) is 0 Å². The topological polar surface area (TPSA) is 98.1 Å². The van der Waals surface area contributed by atoms with Gasteiger partial charge in [0, 0.05) is 30.9 Å². The number of carbonyl (C=O) groups is 1. The van der Waals surface area contributed by atoms with Crippen molar-refractivity contribution in [2.75, 3.05) is 6.26 Å². The van der Waals surface area contributed by atoms with Crippen molar-refractivity contribution in [1.82, 2.24) is 14.9 Å². The Balaban J connectivity index is 0.00000323. The second kappa shape index (κ2) is 9.41. The summed E-state index contributed by atoms with van der Waals surface area (Å²) in [6.45, 7) is 0.124. The monoisotopic (exact) mass is 547 g/mol. The van der Waals surface area contributed by atoms with E-state index in [1.165, 1.54) is 48.1 Å². The van der Waals surface area contributed by atoms with Crippen LogP contribution in [0.15, 0.2) is 76.6 Å². The lowest BCUT2D eigenvalue weighted by Gasteiger charge is -2.54. The Labute approximate surface area is 227 Å². The van der Waals surface area contributed by atoms with Crippen LogP contribution in [0.2, 0.25) is 0 Å². The molecule has 1 N–H and O–H groups in total. The van der Waals surface area contributed by atoms with Crippen LogP contribution in [0, 0.1) is 11.2 Å². The van der Waals surface area contributed by atoms with Crippen LogP contribution in [-0.2, 0) is 16.4 Å². The molecule has 9 heteroatoms. The summed E-state index contributed by atoms with van der Waals surface area (Å²) < 4.78 is 38.6. The van der Waals surface area contributed by atoms with Crippen molar-refractivity contribution >= 4 is 26.8 Å². The van der Waals surface area contributed by atoms with E-state index < -0.39 is 21.3 Å². The molecule has 2 aliphatic rings. The van der Waals surface area contributed by atoms with Crippen molar-refractivity contribution in [3.63, 3.8) is 0 Å². The summed E-state index contributed by atoms with van der Waals surface area (Å²) in [7, 11) is -3.33. The highest BCUT2D eigenvalue weighted by atomic mass is 32.2. The Morgan fingerprint density at radius 3 is 2.38 bits per heavy atom. The van der Waals surface area contributed by atoms with Gasteiger partial charge < -0.3 is 5.32 Å². The van der Waals surface area contributed by atoms with Crippen LogP contribution in [0.4, 0.5) is 4.39 Å². The number of nitrogens with one attached hydrogen (secondary N) is 1. The molecule has 2 aliphatic carbocycles. The van der Waals surface area contributed by atoms with Gasteiger partial charge in [0.15, 0.2) is 9.84 Å². The lowest BCUT2D eigenvalue weighted by molar-refractivity contribution is -0.000651. The second-order valence-electron chi connectivity index (χ2n) is 10.9. The molecule has 39 heavy (non-hydrogen) atoms. The van der Waals surface area contributed by atoms with Crippen molar-refractivity contribution in [2.24, 2.45) is 5.41 Å². The molecule has 0 atom stereocenters. The summed E-state index contributed by atoms with van der Waals surface area (Å²) >= 11 is 0. The zero-order valence-corrected chi connectivity index (χ0v) is 22.3. The maximum absolute atomic E-state index is 13.6. The van der Waals surface area contributed by atoms with Crippen molar-refractivity contribution in [3.05, 3.63) is 94.2 Å². The van der Waals surface area contributed by atoms with E-state index in [4.69, 9.17) is 0 Å². The normalized spacial score (nSPS) is 16.6.